The van der Waals surface area contributed by atoms with Crippen LogP contribution in [0.4, 0.5) is 21.7 Å². The van der Waals surface area contributed by atoms with Gasteiger partial charge in [-0.25, -0.2) is 13.9 Å². The molecule has 0 amide bonds. The van der Waals surface area contributed by atoms with E-state index < -0.39 is 0 Å². The number of rotatable bonds is 4. The molecule has 6 nitrogen and oxygen atoms in total. The van der Waals surface area contributed by atoms with Gasteiger partial charge in [0.1, 0.15) is 5.82 Å². The normalized spacial score (nSPS) is 14.9. The van der Waals surface area contributed by atoms with Gasteiger partial charge in [0.15, 0.2) is 0 Å². The summed E-state index contributed by atoms with van der Waals surface area (Å²) in [6.45, 7) is 4.26. The molecule has 0 unspecified atom stereocenters. The lowest BCUT2D eigenvalue weighted by molar-refractivity contribution is 0.313. The van der Waals surface area contributed by atoms with E-state index in [9.17, 15) is 4.39 Å². The van der Waals surface area contributed by atoms with Gasteiger partial charge in [0.2, 0.25) is 5.95 Å². The van der Waals surface area contributed by atoms with Crippen LogP contribution in [0.3, 0.4) is 0 Å². The van der Waals surface area contributed by atoms with Crippen LogP contribution in [0.25, 0.3) is 16.6 Å². The average Bonchev–Trinajstić information content (AvgIpc) is 3.18. The standard InChI is InChI=1S/C23H23FN6/c1-28-11-13-29(14-12-28)20-7-5-19(6-8-20)26-23-25-16-22-21(9-10-30(22)27-23)17-3-2-4-18(24)15-17/h2-10,15-16H,11-14H2,1H3,(H,26,27). The fourth-order valence-corrected chi connectivity index (χ4v) is 3.81. The maximum Gasteiger partial charge on any atom is 0.245 e. The maximum absolute atomic E-state index is 13.6. The highest BCUT2D eigenvalue weighted by Crippen LogP contribution is 2.26. The summed E-state index contributed by atoms with van der Waals surface area (Å²) in [6.07, 6.45) is 3.62. The lowest BCUT2D eigenvalue weighted by atomic mass is 10.1. The molecular formula is C23H23FN6. The predicted octanol–water partition coefficient (Wildman–Crippen LogP) is 4.03. The predicted molar refractivity (Wildman–Crippen MR) is 118 cm³/mol. The van der Waals surface area contributed by atoms with Crippen molar-refractivity contribution >= 4 is 22.8 Å². The largest absolute Gasteiger partial charge is 0.369 e. The molecule has 0 saturated carbocycles. The lowest BCUT2D eigenvalue weighted by Gasteiger charge is -2.34. The van der Waals surface area contributed by atoms with E-state index in [4.69, 9.17) is 0 Å². The van der Waals surface area contributed by atoms with Crippen LogP contribution in [0.15, 0.2) is 67.0 Å². The van der Waals surface area contributed by atoms with Crippen LogP contribution in [0.2, 0.25) is 0 Å². The van der Waals surface area contributed by atoms with Crippen LogP contribution < -0.4 is 10.2 Å². The number of hydrogen-bond donors (Lipinski definition) is 1. The molecule has 0 aliphatic carbocycles. The Morgan fingerprint density at radius 1 is 0.967 bits per heavy atom. The van der Waals surface area contributed by atoms with Gasteiger partial charge in [0.05, 0.1) is 11.7 Å². The third kappa shape index (κ3) is 3.71. The maximum atomic E-state index is 13.6. The molecule has 1 aliphatic heterocycles. The van der Waals surface area contributed by atoms with E-state index in [1.807, 2.05) is 18.3 Å². The van der Waals surface area contributed by atoms with Crippen molar-refractivity contribution in [2.24, 2.45) is 0 Å². The first kappa shape index (κ1) is 18.6. The highest BCUT2D eigenvalue weighted by Gasteiger charge is 2.14. The van der Waals surface area contributed by atoms with Crippen molar-refractivity contribution in [1.82, 2.24) is 19.5 Å². The van der Waals surface area contributed by atoms with Gasteiger partial charge >= 0.3 is 0 Å². The zero-order chi connectivity index (χ0) is 20.5. The molecule has 7 heteroatoms. The molecule has 0 bridgehead atoms. The van der Waals surface area contributed by atoms with Gasteiger partial charge in [-0.2, -0.15) is 0 Å². The molecule has 1 N–H and O–H groups in total. The van der Waals surface area contributed by atoms with Gasteiger partial charge < -0.3 is 15.1 Å². The Kier molecular flexibility index (Phi) is 4.80. The van der Waals surface area contributed by atoms with Crippen molar-refractivity contribution in [3.8, 4) is 11.1 Å². The van der Waals surface area contributed by atoms with Crippen LogP contribution in [0.1, 0.15) is 0 Å². The summed E-state index contributed by atoms with van der Waals surface area (Å²) in [5, 5.41) is 7.81. The summed E-state index contributed by atoms with van der Waals surface area (Å²) in [5.74, 6) is 0.252. The molecule has 2 aromatic heterocycles. The second-order valence-electron chi connectivity index (χ2n) is 7.61. The summed E-state index contributed by atoms with van der Waals surface area (Å²) in [5.41, 5.74) is 4.70. The van der Waals surface area contributed by atoms with Crippen LogP contribution in [-0.4, -0.2) is 52.7 Å². The Morgan fingerprint density at radius 2 is 1.77 bits per heavy atom. The van der Waals surface area contributed by atoms with Crippen molar-refractivity contribution < 1.29 is 4.39 Å². The number of fused-ring (bicyclic) bond motifs is 1. The third-order valence-electron chi connectivity index (χ3n) is 5.54. The number of aromatic nitrogens is 3. The first-order valence-corrected chi connectivity index (χ1v) is 10.1. The number of likely N-dealkylation sites (N-methyl/N-ethyl adjacent to an activating group) is 1. The highest BCUT2D eigenvalue weighted by molar-refractivity contribution is 5.80. The second-order valence-corrected chi connectivity index (χ2v) is 7.61. The first-order valence-electron chi connectivity index (χ1n) is 10.1. The van der Waals surface area contributed by atoms with Crippen molar-refractivity contribution in [2.75, 3.05) is 43.4 Å². The molecule has 0 radical (unpaired) electrons. The second kappa shape index (κ2) is 7.76. The van der Waals surface area contributed by atoms with Crippen molar-refractivity contribution in [3.05, 3.63) is 72.8 Å². The number of benzene rings is 2. The topological polar surface area (TPSA) is 48.7 Å². The van der Waals surface area contributed by atoms with E-state index in [1.165, 1.54) is 17.8 Å². The summed E-state index contributed by atoms with van der Waals surface area (Å²) < 4.78 is 15.3. The molecule has 1 aliphatic rings. The highest BCUT2D eigenvalue weighted by atomic mass is 19.1. The number of nitrogens with one attached hydrogen (secondary N) is 1. The molecule has 0 spiro atoms. The molecule has 3 heterocycles. The van der Waals surface area contributed by atoms with E-state index >= 15 is 0 Å². The van der Waals surface area contributed by atoms with Crippen LogP contribution in [0, 0.1) is 5.82 Å². The smallest absolute Gasteiger partial charge is 0.245 e. The summed E-state index contributed by atoms with van der Waals surface area (Å²) in [7, 11) is 2.16. The number of hydrogen-bond acceptors (Lipinski definition) is 5. The number of nitrogens with zero attached hydrogens (tertiary/aromatic N) is 5. The Morgan fingerprint density at radius 3 is 2.53 bits per heavy atom. The summed E-state index contributed by atoms with van der Waals surface area (Å²) in [6, 6.07) is 16.8. The summed E-state index contributed by atoms with van der Waals surface area (Å²) >= 11 is 0. The quantitative estimate of drug-likeness (QED) is 0.559. The molecular weight excluding hydrogens is 379 g/mol. The Hall–Kier alpha value is -3.45. The van der Waals surface area contributed by atoms with Gasteiger partial charge in [0, 0.05) is 49.3 Å². The Balaban J connectivity index is 1.33. The van der Waals surface area contributed by atoms with Gasteiger partial charge in [-0.3, -0.25) is 0 Å². The minimum Gasteiger partial charge on any atom is -0.369 e. The Bertz CT molecular complexity index is 1160. The molecule has 2 aromatic carbocycles. The van der Waals surface area contributed by atoms with E-state index in [0.29, 0.717) is 5.95 Å². The number of halogens is 1. The van der Waals surface area contributed by atoms with Crippen LogP contribution in [0.5, 0.6) is 0 Å². The molecule has 1 saturated heterocycles. The van der Waals surface area contributed by atoms with Gasteiger partial charge in [0.25, 0.3) is 0 Å². The molecule has 30 heavy (non-hydrogen) atoms. The fraction of sp³-hybridized carbons (Fsp3) is 0.217. The minimum absolute atomic E-state index is 0.258. The summed E-state index contributed by atoms with van der Waals surface area (Å²) in [4.78, 5) is 9.20. The molecule has 152 valence electrons. The van der Waals surface area contributed by atoms with Crippen molar-refractivity contribution in [1.29, 1.82) is 0 Å². The molecule has 0 atom stereocenters. The molecule has 1 fully saturated rings. The third-order valence-corrected chi connectivity index (χ3v) is 5.54. The van der Waals surface area contributed by atoms with E-state index in [-0.39, 0.29) is 5.82 Å². The monoisotopic (exact) mass is 402 g/mol. The first-order chi connectivity index (χ1) is 14.7. The zero-order valence-corrected chi connectivity index (χ0v) is 16.8. The van der Waals surface area contributed by atoms with Gasteiger partial charge in [-0.05, 0) is 55.1 Å². The van der Waals surface area contributed by atoms with Gasteiger partial charge in [-0.1, -0.05) is 12.1 Å². The molecule has 4 aromatic rings. The average molecular weight is 402 g/mol. The minimum atomic E-state index is -0.258. The van der Waals surface area contributed by atoms with Crippen molar-refractivity contribution in [3.63, 3.8) is 0 Å². The number of piperazine rings is 1. The number of anilines is 3. The fourth-order valence-electron chi connectivity index (χ4n) is 3.81. The molecule has 5 rings (SSSR count). The van der Waals surface area contributed by atoms with E-state index in [0.717, 1.165) is 48.5 Å². The Labute approximate surface area is 174 Å². The van der Waals surface area contributed by atoms with Crippen molar-refractivity contribution in [2.45, 2.75) is 0 Å². The van der Waals surface area contributed by atoms with Crippen LogP contribution in [-0.2, 0) is 0 Å². The van der Waals surface area contributed by atoms with E-state index in [1.54, 1.807) is 16.8 Å². The van der Waals surface area contributed by atoms with Gasteiger partial charge in [-0.15, -0.1) is 5.10 Å². The lowest BCUT2D eigenvalue weighted by Crippen LogP contribution is -2.44. The zero-order valence-electron chi connectivity index (χ0n) is 16.8. The van der Waals surface area contributed by atoms with E-state index in [2.05, 4.69) is 56.5 Å². The van der Waals surface area contributed by atoms with Crippen LogP contribution >= 0.6 is 0 Å². The SMILES string of the molecule is CN1CCN(c2ccc(Nc3ncc4c(-c5cccc(F)c5)ccn4n3)cc2)CC1.